The number of benzene rings is 1. The second kappa shape index (κ2) is 13.0. The summed E-state index contributed by atoms with van der Waals surface area (Å²) in [5.74, 6) is -3.54. The molecule has 5 N–H and O–H groups in total. The number of hydrogen-bond acceptors (Lipinski definition) is 6. The molecular weight excluding hydrogens is 588 g/mol. The number of hydrogen-bond donors (Lipinski definition) is 5. The van der Waals surface area contributed by atoms with Crippen molar-refractivity contribution in [2.75, 3.05) is 13.1 Å². The number of Topliss-reactive ketones (excluding diaryl/α,β-unsaturated/α-hetero) is 1. The van der Waals surface area contributed by atoms with Gasteiger partial charge in [0.15, 0.2) is 0 Å². The predicted molar refractivity (Wildman–Crippen MR) is 172 cm³/mol. The van der Waals surface area contributed by atoms with E-state index in [1.165, 1.54) is 4.90 Å². The molecule has 6 amide bonds. The fourth-order valence-electron chi connectivity index (χ4n) is 6.80. The number of nitrogens with zero attached hydrogens (tertiary/aromatic N) is 1. The molecule has 0 aromatic heterocycles. The number of ketones is 1. The van der Waals surface area contributed by atoms with Crippen LogP contribution in [0.25, 0.3) is 0 Å². The molecule has 1 saturated carbocycles. The van der Waals surface area contributed by atoms with Crippen molar-refractivity contribution in [2.24, 2.45) is 28.6 Å². The van der Waals surface area contributed by atoms with Crippen molar-refractivity contribution in [1.29, 1.82) is 0 Å². The zero-order valence-corrected chi connectivity index (χ0v) is 28.3. The average molecular weight is 639 g/mol. The second-order valence-electron chi connectivity index (χ2n) is 15.6. The molecule has 0 radical (unpaired) electrons. The Kier molecular flexibility index (Phi) is 9.89. The maximum atomic E-state index is 14.2. The number of likely N-dealkylation sites (tertiary alicyclic amines) is 1. The summed E-state index contributed by atoms with van der Waals surface area (Å²) >= 11 is 0. The first kappa shape index (κ1) is 34.9. The van der Waals surface area contributed by atoms with Crippen molar-refractivity contribution >= 4 is 35.4 Å². The van der Waals surface area contributed by atoms with Crippen LogP contribution in [0.4, 0.5) is 4.79 Å². The largest absolute Gasteiger partial charge is 0.356 e. The van der Waals surface area contributed by atoms with Crippen molar-refractivity contribution in [2.45, 2.75) is 98.4 Å². The van der Waals surface area contributed by atoms with E-state index in [-0.39, 0.29) is 36.1 Å². The van der Waals surface area contributed by atoms with Gasteiger partial charge in [-0.25, -0.2) is 4.79 Å². The molecule has 2 saturated heterocycles. The van der Waals surface area contributed by atoms with Gasteiger partial charge in [-0.15, -0.1) is 0 Å². The normalized spacial score (nSPS) is 24.6. The fraction of sp³-hybridized carbons (Fsp3) is 0.647. The van der Waals surface area contributed by atoms with Crippen LogP contribution < -0.4 is 26.6 Å². The van der Waals surface area contributed by atoms with Gasteiger partial charge < -0.3 is 31.5 Å². The minimum atomic E-state index is -1.26. The molecule has 4 rings (SSSR count). The van der Waals surface area contributed by atoms with E-state index in [9.17, 15) is 28.8 Å². The van der Waals surface area contributed by atoms with Crippen LogP contribution >= 0.6 is 0 Å². The molecule has 12 heteroatoms. The van der Waals surface area contributed by atoms with Gasteiger partial charge in [0.25, 0.3) is 5.91 Å². The predicted octanol–water partition coefficient (Wildman–Crippen LogP) is 1.88. The van der Waals surface area contributed by atoms with Crippen LogP contribution in [-0.2, 0) is 30.5 Å². The Balaban J connectivity index is 1.56. The summed E-state index contributed by atoms with van der Waals surface area (Å²) in [4.78, 5) is 81.7. The molecule has 6 atom stereocenters. The number of fused-ring (bicyclic) bond motifs is 1. The summed E-state index contributed by atoms with van der Waals surface area (Å²) in [6, 6.07) is 5.53. The summed E-state index contributed by atoms with van der Waals surface area (Å²) in [6.45, 7) is 16.0. The first-order valence-corrected chi connectivity index (χ1v) is 16.1. The zero-order chi connectivity index (χ0) is 34.2. The summed E-state index contributed by atoms with van der Waals surface area (Å²) < 4.78 is 0. The van der Waals surface area contributed by atoms with Crippen molar-refractivity contribution in [3.63, 3.8) is 0 Å². The lowest BCUT2D eigenvalue weighted by atomic mass is 9.85. The van der Waals surface area contributed by atoms with Crippen molar-refractivity contribution in [3.8, 4) is 0 Å². The monoisotopic (exact) mass is 638 g/mol. The molecule has 46 heavy (non-hydrogen) atoms. The highest BCUT2D eigenvalue weighted by Gasteiger charge is 2.70. The minimum absolute atomic E-state index is 0.0353. The summed E-state index contributed by atoms with van der Waals surface area (Å²) in [5.41, 5.74) is -0.617. The molecule has 3 fully saturated rings. The van der Waals surface area contributed by atoms with Gasteiger partial charge in [0.1, 0.15) is 12.1 Å². The Morgan fingerprint density at radius 1 is 1.00 bits per heavy atom. The number of carbonyl (C=O) groups excluding carboxylic acids is 6. The Morgan fingerprint density at radius 3 is 2.22 bits per heavy atom. The molecule has 0 unspecified atom stereocenters. The van der Waals surface area contributed by atoms with E-state index in [2.05, 4.69) is 26.6 Å². The molecule has 0 bridgehead atoms. The Labute approximate surface area is 271 Å². The molecule has 1 aliphatic carbocycles. The van der Waals surface area contributed by atoms with Crippen LogP contribution in [0.1, 0.15) is 73.8 Å². The van der Waals surface area contributed by atoms with Crippen LogP contribution in [0.15, 0.2) is 30.3 Å². The Hall–Kier alpha value is -3.96. The first-order valence-electron chi connectivity index (χ1n) is 16.1. The van der Waals surface area contributed by atoms with Crippen molar-refractivity contribution in [3.05, 3.63) is 35.9 Å². The third kappa shape index (κ3) is 7.87. The lowest BCUT2D eigenvalue weighted by Gasteiger charge is -2.38. The molecule has 1 aromatic carbocycles. The van der Waals surface area contributed by atoms with Gasteiger partial charge in [-0.1, -0.05) is 65.0 Å². The Morgan fingerprint density at radius 2 is 1.65 bits per heavy atom. The average Bonchev–Trinajstić information content (AvgIpc) is 3.30. The first-order chi connectivity index (χ1) is 21.3. The molecule has 252 valence electrons. The van der Waals surface area contributed by atoms with E-state index in [4.69, 9.17) is 0 Å². The maximum absolute atomic E-state index is 14.2. The second-order valence-corrected chi connectivity index (χ2v) is 15.6. The van der Waals surface area contributed by atoms with Gasteiger partial charge in [0.2, 0.25) is 23.5 Å². The summed E-state index contributed by atoms with van der Waals surface area (Å²) in [7, 11) is 0. The van der Waals surface area contributed by atoms with Crippen molar-refractivity contribution < 1.29 is 28.8 Å². The van der Waals surface area contributed by atoms with Crippen LogP contribution in [0.3, 0.4) is 0 Å². The van der Waals surface area contributed by atoms with E-state index >= 15 is 0 Å². The van der Waals surface area contributed by atoms with E-state index in [1.807, 2.05) is 85.7 Å². The maximum Gasteiger partial charge on any atom is 0.315 e. The number of piperidine rings is 1. The fourth-order valence-corrected chi connectivity index (χ4v) is 6.80. The van der Waals surface area contributed by atoms with Crippen LogP contribution in [-0.4, -0.2) is 77.1 Å². The standard InChI is InChI=1S/C34H50N6O6/c1-32(2,3)26(38-31(46)39-33(4,5)6)30(45)40-18-21-23(34(21,7)8)24(40)28(43)37-22(16-20-14-15-35-27(20)42)25(41)29(44)36-17-19-12-10-9-11-13-19/h9-13,20-24,26H,14-18H2,1-8H3,(H,35,42)(H,36,44)(H,37,43)(H2,38,39,46)/t20-,21-,22-,23-,24-,26+/m0/s1. The van der Waals surface area contributed by atoms with Crippen LogP contribution in [0.2, 0.25) is 0 Å². The lowest BCUT2D eigenvalue weighted by molar-refractivity contribution is -0.145. The molecule has 2 aliphatic heterocycles. The zero-order valence-electron chi connectivity index (χ0n) is 28.3. The third-order valence-corrected chi connectivity index (χ3v) is 9.47. The van der Waals surface area contributed by atoms with Gasteiger partial charge in [-0.3, -0.25) is 24.0 Å². The van der Waals surface area contributed by atoms with E-state index < -0.39 is 64.5 Å². The number of amides is 6. The molecular formula is C34H50N6O6. The van der Waals surface area contributed by atoms with E-state index in [0.29, 0.717) is 19.5 Å². The van der Waals surface area contributed by atoms with Crippen LogP contribution in [0.5, 0.6) is 0 Å². The third-order valence-electron chi connectivity index (χ3n) is 9.47. The molecule has 3 aliphatic rings. The molecule has 12 nitrogen and oxygen atoms in total. The van der Waals surface area contributed by atoms with Crippen LogP contribution in [0, 0.1) is 28.6 Å². The lowest BCUT2D eigenvalue weighted by Crippen LogP contribution is -2.62. The summed E-state index contributed by atoms with van der Waals surface area (Å²) in [6.07, 6.45) is 0.442. The highest BCUT2D eigenvalue weighted by atomic mass is 16.2. The molecule has 2 heterocycles. The Bertz CT molecular complexity index is 1360. The highest BCUT2D eigenvalue weighted by molar-refractivity contribution is 6.38. The SMILES string of the molecule is CC(C)(C)NC(=O)N[C@H](C(=O)N1C[C@H]2[C@@H]([C@H]1C(=O)N[C@@H](C[C@@H]1CCNC1=O)C(=O)C(=O)NCc1ccccc1)C2(C)C)C(C)(C)C. The topological polar surface area (TPSA) is 166 Å². The van der Waals surface area contributed by atoms with E-state index in [0.717, 1.165) is 5.56 Å². The van der Waals surface area contributed by atoms with E-state index in [1.54, 1.807) is 0 Å². The number of urea groups is 1. The highest BCUT2D eigenvalue weighted by Crippen LogP contribution is 2.65. The van der Waals surface area contributed by atoms with Gasteiger partial charge in [-0.05, 0) is 61.8 Å². The van der Waals surface area contributed by atoms with Gasteiger partial charge in [-0.2, -0.15) is 0 Å². The van der Waals surface area contributed by atoms with Gasteiger partial charge in [0.05, 0.1) is 6.04 Å². The van der Waals surface area contributed by atoms with Crippen molar-refractivity contribution in [1.82, 2.24) is 31.5 Å². The number of carbonyl (C=O) groups is 6. The smallest absolute Gasteiger partial charge is 0.315 e. The molecule has 1 aromatic rings. The number of nitrogens with one attached hydrogen (secondary N) is 5. The number of rotatable bonds is 10. The molecule has 0 spiro atoms. The summed E-state index contributed by atoms with van der Waals surface area (Å²) in [5, 5.41) is 13.8. The minimum Gasteiger partial charge on any atom is -0.356 e. The quantitative estimate of drug-likeness (QED) is 0.246. The van der Waals surface area contributed by atoms with Gasteiger partial charge in [0, 0.05) is 31.1 Å². The van der Waals surface area contributed by atoms with Gasteiger partial charge >= 0.3 is 6.03 Å².